The number of carbonyl (C=O) groups excluding carboxylic acids is 1. The zero-order valence-electron chi connectivity index (χ0n) is 11.8. The minimum Gasteiger partial charge on any atom is -0.354 e. The number of fused-ring (bicyclic) bond motifs is 1. The molecule has 0 fully saturated rings. The second-order valence-corrected chi connectivity index (χ2v) is 7.15. The Morgan fingerprint density at radius 3 is 2.90 bits per heavy atom. The Morgan fingerprint density at radius 1 is 1.45 bits per heavy atom. The molecular weight excluding hydrogens is 290 g/mol. The van der Waals surface area contributed by atoms with Crippen LogP contribution in [-0.2, 0) is 13.0 Å². The third-order valence-corrected chi connectivity index (χ3v) is 5.70. The van der Waals surface area contributed by atoms with Crippen LogP contribution < -0.4 is 4.90 Å². The van der Waals surface area contributed by atoms with Crippen molar-refractivity contribution in [1.29, 1.82) is 0 Å². The number of rotatable bonds is 2. The number of aromatic nitrogens is 1. The van der Waals surface area contributed by atoms with Crippen LogP contribution in [0.5, 0.6) is 0 Å². The quantitative estimate of drug-likeness (QED) is 0.856. The lowest BCUT2D eigenvalue weighted by Crippen LogP contribution is -2.35. The van der Waals surface area contributed by atoms with E-state index in [9.17, 15) is 4.79 Å². The SMILES string of the molecule is Cc1ccsc1C(=O)N1CCc2nc(N(C)C)sc2C1. The molecule has 1 aliphatic rings. The Labute approximate surface area is 126 Å². The standard InChI is InChI=1S/C14H17N3OS2/c1-9-5-7-19-12(9)13(18)17-6-4-10-11(8-17)20-14(15-10)16(2)3/h5,7H,4,6,8H2,1-3H3. The highest BCUT2D eigenvalue weighted by Gasteiger charge is 2.26. The molecule has 6 heteroatoms. The number of nitrogens with zero attached hydrogens (tertiary/aromatic N) is 3. The summed E-state index contributed by atoms with van der Waals surface area (Å²) in [6.07, 6.45) is 0.857. The molecule has 4 nitrogen and oxygen atoms in total. The molecule has 20 heavy (non-hydrogen) atoms. The van der Waals surface area contributed by atoms with Crippen LogP contribution in [0, 0.1) is 6.92 Å². The summed E-state index contributed by atoms with van der Waals surface area (Å²) in [5, 5.41) is 3.01. The first-order chi connectivity index (χ1) is 9.56. The lowest BCUT2D eigenvalue weighted by atomic mass is 10.1. The highest BCUT2D eigenvalue weighted by molar-refractivity contribution is 7.15. The van der Waals surface area contributed by atoms with Gasteiger partial charge in [-0.25, -0.2) is 4.98 Å². The van der Waals surface area contributed by atoms with Crippen LogP contribution in [-0.4, -0.2) is 36.4 Å². The molecule has 0 bridgehead atoms. The van der Waals surface area contributed by atoms with Crippen LogP contribution in [0.2, 0.25) is 0 Å². The summed E-state index contributed by atoms with van der Waals surface area (Å²) in [5.74, 6) is 0.156. The summed E-state index contributed by atoms with van der Waals surface area (Å²) in [6.45, 7) is 3.45. The fraction of sp³-hybridized carbons (Fsp3) is 0.429. The van der Waals surface area contributed by atoms with Crippen LogP contribution >= 0.6 is 22.7 Å². The number of aryl methyl sites for hydroxylation is 1. The van der Waals surface area contributed by atoms with E-state index in [4.69, 9.17) is 0 Å². The number of carbonyl (C=O) groups is 1. The van der Waals surface area contributed by atoms with E-state index < -0.39 is 0 Å². The van der Waals surface area contributed by atoms with Gasteiger partial charge in [-0.3, -0.25) is 4.79 Å². The van der Waals surface area contributed by atoms with Crippen molar-refractivity contribution in [2.24, 2.45) is 0 Å². The Morgan fingerprint density at radius 2 is 2.25 bits per heavy atom. The molecule has 106 valence electrons. The van der Waals surface area contributed by atoms with E-state index in [0.717, 1.165) is 34.2 Å². The third kappa shape index (κ3) is 2.33. The van der Waals surface area contributed by atoms with E-state index in [1.165, 1.54) is 16.2 Å². The molecule has 0 aliphatic carbocycles. The van der Waals surface area contributed by atoms with Crippen LogP contribution in [0.15, 0.2) is 11.4 Å². The molecule has 3 heterocycles. The van der Waals surface area contributed by atoms with Crippen molar-refractivity contribution in [3.05, 3.63) is 32.5 Å². The molecule has 0 atom stereocenters. The zero-order chi connectivity index (χ0) is 14.3. The topological polar surface area (TPSA) is 36.4 Å². The lowest BCUT2D eigenvalue weighted by molar-refractivity contribution is 0.0740. The van der Waals surface area contributed by atoms with E-state index >= 15 is 0 Å². The van der Waals surface area contributed by atoms with Crippen molar-refractivity contribution < 1.29 is 4.79 Å². The Kier molecular flexibility index (Phi) is 3.52. The van der Waals surface area contributed by atoms with E-state index in [1.54, 1.807) is 11.3 Å². The number of thiophene rings is 1. The van der Waals surface area contributed by atoms with Crippen LogP contribution in [0.1, 0.15) is 25.8 Å². The van der Waals surface area contributed by atoms with Crippen molar-refractivity contribution in [1.82, 2.24) is 9.88 Å². The van der Waals surface area contributed by atoms with Crippen molar-refractivity contribution in [2.75, 3.05) is 25.5 Å². The highest BCUT2D eigenvalue weighted by atomic mass is 32.1. The normalized spacial score (nSPS) is 14.2. The van der Waals surface area contributed by atoms with Crippen molar-refractivity contribution in [3.8, 4) is 0 Å². The summed E-state index contributed by atoms with van der Waals surface area (Å²) in [4.78, 5) is 23.2. The van der Waals surface area contributed by atoms with Gasteiger partial charge in [-0.15, -0.1) is 11.3 Å². The molecular formula is C14H17N3OS2. The second-order valence-electron chi connectivity index (χ2n) is 5.17. The smallest absolute Gasteiger partial charge is 0.264 e. The van der Waals surface area contributed by atoms with E-state index in [0.29, 0.717) is 6.54 Å². The van der Waals surface area contributed by atoms with Gasteiger partial charge in [-0.2, -0.15) is 0 Å². The van der Waals surface area contributed by atoms with Gasteiger partial charge >= 0.3 is 0 Å². The second kappa shape index (κ2) is 5.18. The molecule has 0 spiro atoms. The molecule has 0 unspecified atom stereocenters. The van der Waals surface area contributed by atoms with E-state index in [2.05, 4.69) is 4.98 Å². The number of anilines is 1. The summed E-state index contributed by atoms with van der Waals surface area (Å²) in [7, 11) is 4.00. The van der Waals surface area contributed by atoms with Gasteiger partial charge in [0.25, 0.3) is 5.91 Å². The molecule has 2 aromatic rings. The van der Waals surface area contributed by atoms with Crippen LogP contribution in [0.25, 0.3) is 0 Å². The first-order valence-corrected chi connectivity index (χ1v) is 8.25. The van der Waals surface area contributed by atoms with Gasteiger partial charge in [-0.05, 0) is 23.9 Å². The maximum atomic E-state index is 12.5. The van der Waals surface area contributed by atoms with Crippen LogP contribution in [0.4, 0.5) is 5.13 Å². The van der Waals surface area contributed by atoms with Gasteiger partial charge in [0.2, 0.25) is 0 Å². The molecule has 0 aromatic carbocycles. The highest BCUT2D eigenvalue weighted by Crippen LogP contribution is 2.30. The van der Waals surface area contributed by atoms with Gasteiger partial charge < -0.3 is 9.80 Å². The van der Waals surface area contributed by atoms with Crippen molar-refractivity contribution in [3.63, 3.8) is 0 Å². The number of hydrogen-bond donors (Lipinski definition) is 0. The molecule has 2 aromatic heterocycles. The molecule has 1 aliphatic heterocycles. The fourth-order valence-corrected chi connectivity index (χ4v) is 4.22. The summed E-state index contributed by atoms with van der Waals surface area (Å²) < 4.78 is 0. The average molecular weight is 307 g/mol. The maximum Gasteiger partial charge on any atom is 0.264 e. The fourth-order valence-electron chi connectivity index (χ4n) is 2.28. The first kappa shape index (κ1) is 13.6. The molecule has 3 rings (SSSR count). The zero-order valence-corrected chi connectivity index (χ0v) is 13.5. The van der Waals surface area contributed by atoms with Gasteiger partial charge in [0.05, 0.1) is 17.1 Å². The Balaban J connectivity index is 1.82. The van der Waals surface area contributed by atoms with Crippen LogP contribution in [0.3, 0.4) is 0 Å². The Hall–Kier alpha value is -1.40. The largest absolute Gasteiger partial charge is 0.354 e. The van der Waals surface area contributed by atoms with Gasteiger partial charge in [0.1, 0.15) is 0 Å². The first-order valence-electron chi connectivity index (χ1n) is 6.55. The van der Waals surface area contributed by atoms with Crippen molar-refractivity contribution in [2.45, 2.75) is 19.9 Å². The van der Waals surface area contributed by atoms with E-state index in [1.807, 2.05) is 42.3 Å². The van der Waals surface area contributed by atoms with Gasteiger partial charge in [-0.1, -0.05) is 11.3 Å². The number of amides is 1. The van der Waals surface area contributed by atoms with E-state index in [-0.39, 0.29) is 5.91 Å². The van der Waals surface area contributed by atoms with Gasteiger partial charge in [0.15, 0.2) is 5.13 Å². The van der Waals surface area contributed by atoms with Crippen molar-refractivity contribution >= 4 is 33.7 Å². The average Bonchev–Trinajstić information content (AvgIpc) is 3.02. The summed E-state index contributed by atoms with van der Waals surface area (Å²) in [5.41, 5.74) is 2.23. The molecule has 1 amide bonds. The maximum absolute atomic E-state index is 12.5. The summed E-state index contributed by atoms with van der Waals surface area (Å²) >= 11 is 3.22. The number of hydrogen-bond acceptors (Lipinski definition) is 5. The molecule has 0 saturated carbocycles. The Bertz CT molecular complexity index is 645. The minimum atomic E-state index is 0.156. The van der Waals surface area contributed by atoms with Gasteiger partial charge in [0, 0.05) is 31.9 Å². The third-order valence-electron chi connectivity index (χ3n) is 3.45. The lowest BCUT2D eigenvalue weighted by Gasteiger charge is -2.25. The monoisotopic (exact) mass is 307 g/mol. The molecule has 0 N–H and O–H groups in total. The predicted molar refractivity (Wildman–Crippen MR) is 83.9 cm³/mol. The summed E-state index contributed by atoms with van der Waals surface area (Å²) in [6, 6.07) is 2.00. The predicted octanol–water partition coefficient (Wildman–Crippen LogP) is 2.78. The molecule has 0 saturated heterocycles. The number of thiazole rings is 1. The minimum absolute atomic E-state index is 0.156. The molecule has 0 radical (unpaired) electrons.